The predicted octanol–water partition coefficient (Wildman–Crippen LogP) is 3.00. The minimum Gasteiger partial charge on any atom is -0.505 e. The molecular weight excluding hydrogens is 303 g/mol. The van der Waals surface area contributed by atoms with Gasteiger partial charge in [0.15, 0.2) is 11.5 Å². The van der Waals surface area contributed by atoms with Gasteiger partial charge >= 0.3 is 0 Å². The SMILES string of the molecule is CC(C)COc1cnc(Cl)nc1.Oc1cnc(Cl)nc1. The number of hydrogen-bond donors (Lipinski definition) is 1. The lowest BCUT2D eigenvalue weighted by Crippen LogP contribution is -2.04. The van der Waals surface area contributed by atoms with Gasteiger partial charge in [0.05, 0.1) is 31.4 Å². The van der Waals surface area contributed by atoms with E-state index in [-0.39, 0.29) is 16.3 Å². The number of halogens is 2. The summed E-state index contributed by atoms with van der Waals surface area (Å²) in [4.78, 5) is 14.5. The number of rotatable bonds is 3. The monoisotopic (exact) mass is 316 g/mol. The van der Waals surface area contributed by atoms with Gasteiger partial charge in [-0.2, -0.15) is 0 Å². The third-order valence-corrected chi connectivity index (χ3v) is 2.18. The van der Waals surface area contributed by atoms with Crippen LogP contribution in [0.3, 0.4) is 0 Å². The summed E-state index contributed by atoms with van der Waals surface area (Å²) in [6.45, 7) is 4.83. The highest BCUT2D eigenvalue weighted by atomic mass is 35.5. The van der Waals surface area contributed by atoms with E-state index >= 15 is 0 Å². The van der Waals surface area contributed by atoms with Crippen LogP contribution in [0, 0.1) is 5.92 Å². The molecule has 2 aromatic heterocycles. The third kappa shape index (κ3) is 7.06. The average molecular weight is 317 g/mol. The Labute approximate surface area is 126 Å². The lowest BCUT2D eigenvalue weighted by molar-refractivity contribution is 0.269. The molecule has 0 spiro atoms. The first-order chi connectivity index (χ1) is 9.47. The Balaban J connectivity index is 0.000000217. The van der Waals surface area contributed by atoms with Gasteiger partial charge in [-0.05, 0) is 29.1 Å². The van der Waals surface area contributed by atoms with Crippen molar-refractivity contribution >= 4 is 23.2 Å². The van der Waals surface area contributed by atoms with Crippen LogP contribution in [0.5, 0.6) is 11.5 Å². The van der Waals surface area contributed by atoms with E-state index in [1.807, 2.05) is 0 Å². The fourth-order valence-corrected chi connectivity index (χ4v) is 1.14. The van der Waals surface area contributed by atoms with Crippen molar-refractivity contribution in [1.82, 2.24) is 19.9 Å². The van der Waals surface area contributed by atoms with Gasteiger partial charge in [0.2, 0.25) is 10.6 Å². The van der Waals surface area contributed by atoms with Crippen molar-refractivity contribution in [3.63, 3.8) is 0 Å². The van der Waals surface area contributed by atoms with Crippen LogP contribution in [0.15, 0.2) is 24.8 Å². The first kappa shape index (κ1) is 16.4. The van der Waals surface area contributed by atoms with Crippen molar-refractivity contribution < 1.29 is 9.84 Å². The van der Waals surface area contributed by atoms with Crippen LogP contribution in [0.1, 0.15) is 13.8 Å². The minimum atomic E-state index is 0.0226. The van der Waals surface area contributed by atoms with E-state index in [4.69, 9.17) is 33.0 Å². The Morgan fingerprint density at radius 3 is 1.85 bits per heavy atom. The maximum Gasteiger partial charge on any atom is 0.222 e. The molecule has 8 heteroatoms. The van der Waals surface area contributed by atoms with Crippen LogP contribution in [-0.4, -0.2) is 31.6 Å². The van der Waals surface area contributed by atoms with Gasteiger partial charge < -0.3 is 9.84 Å². The van der Waals surface area contributed by atoms with Crippen molar-refractivity contribution in [1.29, 1.82) is 0 Å². The highest BCUT2D eigenvalue weighted by molar-refractivity contribution is 6.28. The molecule has 0 aromatic carbocycles. The number of ether oxygens (including phenoxy) is 1. The zero-order valence-electron chi connectivity index (χ0n) is 11.0. The van der Waals surface area contributed by atoms with Crippen LogP contribution in [0.25, 0.3) is 0 Å². The molecule has 20 heavy (non-hydrogen) atoms. The van der Waals surface area contributed by atoms with Crippen molar-refractivity contribution in [2.75, 3.05) is 6.61 Å². The molecular formula is C12H14Cl2N4O2. The van der Waals surface area contributed by atoms with Crippen LogP contribution in [0.2, 0.25) is 10.6 Å². The van der Waals surface area contributed by atoms with E-state index in [0.29, 0.717) is 18.3 Å². The normalized spacial score (nSPS) is 9.85. The Hall–Kier alpha value is -1.66. The standard InChI is InChI=1S/C8H11ClN2O.C4H3ClN2O/c1-6(2)5-12-7-3-10-8(9)11-4-7;5-4-6-1-3(8)2-7-4/h3-4,6H,5H2,1-2H3;1-2,8H. The van der Waals surface area contributed by atoms with Crippen LogP contribution in [0.4, 0.5) is 0 Å². The second-order valence-electron chi connectivity index (χ2n) is 4.10. The molecule has 0 aliphatic carbocycles. The average Bonchev–Trinajstić information content (AvgIpc) is 2.42. The van der Waals surface area contributed by atoms with Gasteiger partial charge in [-0.3, -0.25) is 0 Å². The van der Waals surface area contributed by atoms with Gasteiger partial charge in [0.25, 0.3) is 0 Å². The number of aromatic hydroxyl groups is 1. The molecule has 2 rings (SSSR count). The summed E-state index contributed by atoms with van der Waals surface area (Å²) >= 11 is 10.8. The van der Waals surface area contributed by atoms with E-state index in [2.05, 4.69) is 33.8 Å². The molecule has 0 fully saturated rings. The molecule has 2 aromatic rings. The summed E-state index contributed by atoms with van der Waals surface area (Å²) in [5, 5.41) is 8.96. The molecule has 1 N–H and O–H groups in total. The summed E-state index contributed by atoms with van der Waals surface area (Å²) in [5.41, 5.74) is 0. The molecule has 0 saturated carbocycles. The molecule has 0 unspecified atom stereocenters. The molecule has 0 bridgehead atoms. The topological polar surface area (TPSA) is 81.0 Å². The number of nitrogens with zero attached hydrogens (tertiary/aromatic N) is 4. The molecule has 0 saturated heterocycles. The number of aromatic nitrogens is 4. The lowest BCUT2D eigenvalue weighted by atomic mass is 10.2. The molecule has 108 valence electrons. The first-order valence-electron chi connectivity index (χ1n) is 5.74. The molecule has 0 aliphatic rings. The second kappa shape index (κ2) is 8.50. The fraction of sp³-hybridized carbons (Fsp3) is 0.333. The molecule has 0 atom stereocenters. The summed E-state index contributed by atoms with van der Waals surface area (Å²) in [5.74, 6) is 1.18. The Morgan fingerprint density at radius 2 is 1.45 bits per heavy atom. The minimum absolute atomic E-state index is 0.0226. The summed E-state index contributed by atoms with van der Waals surface area (Å²) < 4.78 is 5.34. The predicted molar refractivity (Wildman–Crippen MR) is 76.1 cm³/mol. The number of hydrogen-bond acceptors (Lipinski definition) is 6. The van der Waals surface area contributed by atoms with Crippen LogP contribution >= 0.6 is 23.2 Å². The second-order valence-corrected chi connectivity index (χ2v) is 4.78. The van der Waals surface area contributed by atoms with Gasteiger partial charge in [-0.1, -0.05) is 13.8 Å². The smallest absolute Gasteiger partial charge is 0.222 e. The van der Waals surface area contributed by atoms with Crippen molar-refractivity contribution in [3.05, 3.63) is 35.4 Å². The zero-order chi connectivity index (χ0) is 15.0. The third-order valence-electron chi connectivity index (χ3n) is 1.79. The molecule has 6 nitrogen and oxygen atoms in total. The largest absolute Gasteiger partial charge is 0.505 e. The van der Waals surface area contributed by atoms with Gasteiger partial charge in [0.1, 0.15) is 0 Å². The molecule has 2 heterocycles. The van der Waals surface area contributed by atoms with Crippen molar-refractivity contribution in [3.8, 4) is 11.5 Å². The highest BCUT2D eigenvalue weighted by Crippen LogP contribution is 2.09. The van der Waals surface area contributed by atoms with E-state index < -0.39 is 0 Å². The highest BCUT2D eigenvalue weighted by Gasteiger charge is 1.97. The maximum absolute atomic E-state index is 8.57. The fourth-order valence-electron chi connectivity index (χ4n) is 0.943. The molecule has 0 aliphatic heterocycles. The van der Waals surface area contributed by atoms with E-state index in [1.165, 1.54) is 12.4 Å². The lowest BCUT2D eigenvalue weighted by Gasteiger charge is -2.06. The molecule has 0 radical (unpaired) electrons. The van der Waals surface area contributed by atoms with E-state index in [9.17, 15) is 0 Å². The Bertz CT molecular complexity index is 485. The Kier molecular flexibility index (Phi) is 6.97. The van der Waals surface area contributed by atoms with Gasteiger partial charge in [-0.15, -0.1) is 0 Å². The Morgan fingerprint density at radius 1 is 1.00 bits per heavy atom. The van der Waals surface area contributed by atoms with Crippen molar-refractivity contribution in [2.24, 2.45) is 5.92 Å². The summed E-state index contributed by atoms with van der Waals surface area (Å²) in [6, 6.07) is 0. The molecule has 0 amide bonds. The van der Waals surface area contributed by atoms with Crippen LogP contribution in [-0.2, 0) is 0 Å². The zero-order valence-corrected chi connectivity index (χ0v) is 12.5. The maximum atomic E-state index is 8.57. The first-order valence-corrected chi connectivity index (χ1v) is 6.50. The van der Waals surface area contributed by atoms with E-state index in [1.54, 1.807) is 12.4 Å². The van der Waals surface area contributed by atoms with Crippen molar-refractivity contribution in [2.45, 2.75) is 13.8 Å². The van der Waals surface area contributed by atoms with E-state index in [0.717, 1.165) is 0 Å². The van der Waals surface area contributed by atoms with Gasteiger partial charge in [0, 0.05) is 0 Å². The van der Waals surface area contributed by atoms with Crippen LogP contribution < -0.4 is 4.74 Å². The van der Waals surface area contributed by atoms with Gasteiger partial charge in [-0.25, -0.2) is 19.9 Å². The quantitative estimate of drug-likeness (QED) is 0.877. The summed E-state index contributed by atoms with van der Waals surface area (Å²) in [7, 11) is 0. The summed E-state index contributed by atoms with van der Waals surface area (Å²) in [6.07, 6.45) is 5.60.